The van der Waals surface area contributed by atoms with Gasteiger partial charge in [0.2, 0.25) is 0 Å². The average molecular weight is 551 g/mol. The van der Waals surface area contributed by atoms with Gasteiger partial charge in [-0.3, -0.25) is 14.4 Å². The Morgan fingerprint density at radius 2 is 1.83 bits per heavy atom. The van der Waals surface area contributed by atoms with Crippen molar-refractivity contribution < 1.29 is 19.1 Å². The molecule has 9 heteroatoms. The van der Waals surface area contributed by atoms with Gasteiger partial charge in [0.05, 0.1) is 10.9 Å². The minimum Gasteiger partial charge on any atom is -0.461 e. The van der Waals surface area contributed by atoms with Crippen molar-refractivity contribution in [3.63, 3.8) is 0 Å². The van der Waals surface area contributed by atoms with Crippen LogP contribution in [0.1, 0.15) is 87.6 Å². The third-order valence-corrected chi connectivity index (χ3v) is 8.27. The number of allylic oxidation sites excluding steroid dienone is 1. The van der Waals surface area contributed by atoms with E-state index in [1.807, 2.05) is 32.2 Å². The number of hydrogen-bond acceptors (Lipinski definition) is 9. The minimum absolute atomic E-state index is 0.0332. The summed E-state index contributed by atoms with van der Waals surface area (Å²) >= 11 is 4.30. The van der Waals surface area contributed by atoms with E-state index in [2.05, 4.69) is 16.9 Å². The second-order valence-corrected chi connectivity index (χ2v) is 12.1. The Labute approximate surface area is 227 Å². The largest absolute Gasteiger partial charge is 0.461 e. The first-order chi connectivity index (χ1) is 17.3. The van der Waals surface area contributed by atoms with Gasteiger partial charge >= 0.3 is 5.97 Å². The van der Waals surface area contributed by atoms with Crippen molar-refractivity contribution in [3.05, 3.63) is 33.6 Å². The van der Waals surface area contributed by atoms with Gasteiger partial charge in [0.1, 0.15) is 23.0 Å². The van der Waals surface area contributed by atoms with Crippen molar-refractivity contribution in [2.24, 2.45) is 11.8 Å². The number of thiazole rings is 2. The quantitative estimate of drug-likeness (QED) is 0.0870. The number of unbranched alkanes of at least 4 members (excludes halogenated alkanes) is 4. The molecule has 2 heterocycles. The van der Waals surface area contributed by atoms with Crippen molar-refractivity contribution >= 4 is 51.3 Å². The van der Waals surface area contributed by atoms with Crippen molar-refractivity contribution in [1.29, 1.82) is 0 Å². The van der Waals surface area contributed by atoms with Crippen LogP contribution in [0.3, 0.4) is 0 Å². The molecule has 0 spiro atoms. The fraction of sp³-hybridized carbons (Fsp3) is 0.593. The number of carbonyl (C=O) groups excluding carboxylic acids is 3. The molecule has 0 fully saturated rings. The molecular weight excluding hydrogens is 513 g/mol. The summed E-state index contributed by atoms with van der Waals surface area (Å²) in [7, 11) is 0. The molecule has 0 saturated heterocycles. The van der Waals surface area contributed by atoms with Crippen molar-refractivity contribution in [2.45, 2.75) is 79.1 Å². The maximum Gasteiger partial charge on any atom is 0.309 e. The lowest BCUT2D eigenvalue weighted by Crippen LogP contribution is -2.26. The van der Waals surface area contributed by atoms with Gasteiger partial charge in [-0.25, -0.2) is 9.97 Å². The van der Waals surface area contributed by atoms with Crippen LogP contribution in [0.15, 0.2) is 22.9 Å². The lowest BCUT2D eigenvalue weighted by molar-refractivity contribution is -0.148. The van der Waals surface area contributed by atoms with Gasteiger partial charge in [0.15, 0.2) is 10.9 Å². The van der Waals surface area contributed by atoms with Crippen molar-refractivity contribution in [2.75, 3.05) is 12.4 Å². The molecule has 0 radical (unpaired) electrons. The standard InChI is InChI=1S/C27H38N2O4S3/c1-5-6-7-8-10-13-25(31)34-15-12-9-11-14-33-27(32)21(19(2)3)16-24(30)22-17-36-26(29-22)23-18-35-20(4)28-23/h9,11,17-19,21H,5-8,10,12-16H2,1-4H3/b11-9+/t21-/m0/s1. The Kier molecular flexibility index (Phi) is 14.2. The first-order valence-corrected chi connectivity index (χ1v) is 15.4. The molecule has 0 N–H and O–H groups in total. The molecule has 0 saturated carbocycles. The van der Waals surface area contributed by atoms with Gasteiger partial charge in [-0.1, -0.05) is 70.4 Å². The summed E-state index contributed by atoms with van der Waals surface area (Å²) in [5, 5.41) is 5.57. The molecule has 0 aliphatic heterocycles. The SMILES string of the molecule is CCCCCCCC(=O)SCC/C=C/COC(=O)[C@@H](CC(=O)c1csc(-c2csc(C)n2)n1)C(C)C. The second kappa shape index (κ2) is 16.8. The van der Waals surface area contributed by atoms with E-state index in [0.717, 1.165) is 35.7 Å². The van der Waals surface area contributed by atoms with Crippen molar-refractivity contribution in [3.8, 4) is 10.7 Å². The molecule has 1 atom stereocenters. The molecule has 0 aliphatic rings. The van der Waals surface area contributed by atoms with E-state index in [0.29, 0.717) is 17.1 Å². The Morgan fingerprint density at radius 1 is 1.06 bits per heavy atom. The van der Waals surface area contributed by atoms with Crippen LogP contribution in [0.2, 0.25) is 0 Å². The lowest BCUT2D eigenvalue weighted by atomic mass is 9.90. The third-order valence-electron chi connectivity index (χ3n) is 5.66. The maximum absolute atomic E-state index is 12.8. The number of rotatable bonds is 17. The van der Waals surface area contributed by atoms with E-state index in [9.17, 15) is 14.4 Å². The van der Waals surface area contributed by atoms with E-state index in [4.69, 9.17) is 4.74 Å². The number of hydrogen-bond donors (Lipinski definition) is 0. The summed E-state index contributed by atoms with van der Waals surface area (Å²) in [4.78, 5) is 46.2. The summed E-state index contributed by atoms with van der Waals surface area (Å²) < 4.78 is 5.41. The molecular formula is C27H38N2O4S3. The van der Waals surface area contributed by atoms with Crippen LogP contribution in [0, 0.1) is 18.8 Å². The molecule has 0 aromatic carbocycles. The molecule has 2 aromatic rings. The molecule has 198 valence electrons. The van der Waals surface area contributed by atoms with Gasteiger partial charge in [-0.05, 0) is 25.7 Å². The zero-order chi connectivity index (χ0) is 26.3. The summed E-state index contributed by atoms with van der Waals surface area (Å²) in [6.45, 7) is 8.11. The zero-order valence-electron chi connectivity index (χ0n) is 21.8. The number of aromatic nitrogens is 2. The van der Waals surface area contributed by atoms with Crippen LogP contribution < -0.4 is 0 Å². The van der Waals surface area contributed by atoms with Crippen LogP contribution in [0.25, 0.3) is 10.7 Å². The predicted octanol–water partition coefficient (Wildman–Crippen LogP) is 7.53. The van der Waals surface area contributed by atoms with Crippen LogP contribution in [-0.4, -0.2) is 39.2 Å². The normalized spacial score (nSPS) is 12.4. The molecule has 36 heavy (non-hydrogen) atoms. The van der Waals surface area contributed by atoms with Gasteiger partial charge in [-0.2, -0.15) is 0 Å². The van der Waals surface area contributed by atoms with E-state index in [1.54, 1.807) is 22.8 Å². The number of Topliss-reactive ketones (excluding diaryl/α,β-unsaturated/α-hetero) is 1. The Morgan fingerprint density at radius 3 is 2.53 bits per heavy atom. The van der Waals surface area contributed by atoms with E-state index in [-0.39, 0.29) is 35.8 Å². The fourth-order valence-corrected chi connectivity index (χ4v) is 5.71. The molecule has 2 aromatic heterocycles. The smallest absolute Gasteiger partial charge is 0.309 e. The number of thioether (sulfide) groups is 1. The molecule has 0 amide bonds. The summed E-state index contributed by atoms with van der Waals surface area (Å²) in [5.41, 5.74) is 1.14. The molecule has 0 bridgehead atoms. The van der Waals surface area contributed by atoms with Crippen LogP contribution in [0.4, 0.5) is 0 Å². The Hall–Kier alpha value is -1.84. The first-order valence-electron chi connectivity index (χ1n) is 12.7. The van der Waals surface area contributed by atoms with Crippen LogP contribution in [0.5, 0.6) is 0 Å². The summed E-state index contributed by atoms with van der Waals surface area (Å²) in [6, 6.07) is 0. The lowest BCUT2D eigenvalue weighted by Gasteiger charge is -2.17. The van der Waals surface area contributed by atoms with E-state index in [1.165, 1.54) is 42.4 Å². The highest BCUT2D eigenvalue weighted by atomic mass is 32.2. The molecule has 2 rings (SSSR count). The zero-order valence-corrected chi connectivity index (χ0v) is 24.2. The van der Waals surface area contributed by atoms with Crippen molar-refractivity contribution in [1.82, 2.24) is 9.97 Å². The van der Waals surface area contributed by atoms with Gasteiger partial charge in [0, 0.05) is 29.4 Å². The molecule has 6 nitrogen and oxygen atoms in total. The van der Waals surface area contributed by atoms with Crippen LogP contribution in [-0.2, 0) is 14.3 Å². The van der Waals surface area contributed by atoms with Gasteiger partial charge < -0.3 is 4.74 Å². The Bertz CT molecular complexity index is 997. The highest BCUT2D eigenvalue weighted by Crippen LogP contribution is 2.27. The number of nitrogens with zero attached hydrogens (tertiary/aromatic N) is 2. The molecule has 0 aliphatic carbocycles. The number of esters is 1. The Balaban J connectivity index is 1.69. The van der Waals surface area contributed by atoms with Gasteiger partial charge in [-0.15, -0.1) is 22.7 Å². The third kappa shape index (κ3) is 11.0. The number of aryl methyl sites for hydroxylation is 1. The number of ketones is 1. The molecule has 0 unspecified atom stereocenters. The number of ether oxygens (including phenoxy) is 1. The summed E-state index contributed by atoms with van der Waals surface area (Å²) in [5.74, 6) is -0.363. The van der Waals surface area contributed by atoms with E-state index < -0.39 is 5.92 Å². The van der Waals surface area contributed by atoms with E-state index >= 15 is 0 Å². The fourth-order valence-electron chi connectivity index (χ4n) is 3.49. The second-order valence-electron chi connectivity index (χ2n) is 9.04. The average Bonchev–Trinajstić information content (AvgIpc) is 3.50. The monoisotopic (exact) mass is 550 g/mol. The predicted molar refractivity (Wildman–Crippen MR) is 151 cm³/mol. The first kappa shape index (κ1) is 30.4. The topological polar surface area (TPSA) is 86.2 Å². The number of carbonyl (C=O) groups is 3. The van der Waals surface area contributed by atoms with Crippen LogP contribution >= 0.6 is 34.4 Å². The maximum atomic E-state index is 12.8. The van der Waals surface area contributed by atoms with Gasteiger partial charge in [0.25, 0.3) is 0 Å². The summed E-state index contributed by atoms with van der Waals surface area (Å²) in [6.07, 6.45) is 11.0. The highest BCUT2D eigenvalue weighted by Gasteiger charge is 2.28. The minimum atomic E-state index is -0.525. The highest BCUT2D eigenvalue weighted by molar-refractivity contribution is 8.13.